The zero-order valence-corrected chi connectivity index (χ0v) is 12.7. The van der Waals surface area contributed by atoms with Crippen LogP contribution < -0.4 is 5.32 Å². The van der Waals surface area contributed by atoms with Gasteiger partial charge in [-0.1, -0.05) is 0 Å². The number of halogens is 2. The normalized spacial score (nSPS) is 10.6. The molecule has 1 heterocycles. The Balaban J connectivity index is 2.25. The van der Waals surface area contributed by atoms with E-state index in [1.165, 1.54) is 6.07 Å². The average molecular weight is 391 g/mol. The third-order valence-electron chi connectivity index (χ3n) is 2.71. The minimum atomic E-state index is -0.547. The molecule has 0 unspecified atom stereocenters. The van der Waals surface area contributed by atoms with E-state index in [4.69, 9.17) is 0 Å². The number of aromatic nitrogens is 3. The molecule has 0 aliphatic heterocycles. The number of hydrogen-bond donors (Lipinski definition) is 1. The van der Waals surface area contributed by atoms with Gasteiger partial charge in [-0.15, -0.1) is 10.2 Å². The number of rotatable bonds is 5. The van der Waals surface area contributed by atoms with Gasteiger partial charge in [0.1, 0.15) is 17.8 Å². The summed E-state index contributed by atoms with van der Waals surface area (Å²) in [6.07, 6.45) is 1.57. The third-order valence-corrected chi connectivity index (χ3v) is 3.54. The number of nitrogens with zero attached hydrogens (tertiary/aromatic N) is 4. The molecular formula is C11H11FIN5O2. The minimum Gasteiger partial charge on any atom is -0.372 e. The predicted molar refractivity (Wildman–Crippen MR) is 78.8 cm³/mol. The molecule has 2 rings (SSSR count). The molecule has 0 aliphatic rings. The first-order chi connectivity index (χ1) is 9.52. The van der Waals surface area contributed by atoms with E-state index >= 15 is 0 Å². The Morgan fingerprint density at radius 1 is 1.55 bits per heavy atom. The fourth-order valence-corrected chi connectivity index (χ4v) is 2.13. The molecule has 0 saturated heterocycles. The van der Waals surface area contributed by atoms with Gasteiger partial charge in [0, 0.05) is 18.7 Å². The van der Waals surface area contributed by atoms with Crippen molar-refractivity contribution in [3.8, 4) is 0 Å². The van der Waals surface area contributed by atoms with Crippen LogP contribution in [-0.4, -0.2) is 19.7 Å². The van der Waals surface area contributed by atoms with Gasteiger partial charge in [-0.05, 0) is 29.5 Å². The summed E-state index contributed by atoms with van der Waals surface area (Å²) in [4.78, 5) is 10.4. The Morgan fingerprint density at radius 3 is 2.95 bits per heavy atom. The van der Waals surface area contributed by atoms with Crippen LogP contribution in [0.3, 0.4) is 0 Å². The molecule has 0 saturated carbocycles. The predicted octanol–water partition coefficient (Wildman–Crippen LogP) is 2.56. The highest BCUT2D eigenvalue weighted by Gasteiger charge is 2.17. The summed E-state index contributed by atoms with van der Waals surface area (Å²) >= 11 is 1.72. The molecule has 0 atom stereocenters. The SMILES string of the molecule is CCn1cnnc1CNc1cc(F)c(I)cc1[N+](=O)[O-]. The number of anilines is 1. The second-order valence-electron chi connectivity index (χ2n) is 3.93. The van der Waals surface area contributed by atoms with E-state index in [0.29, 0.717) is 12.4 Å². The summed E-state index contributed by atoms with van der Waals surface area (Å²) in [5, 5.41) is 21.5. The largest absolute Gasteiger partial charge is 0.372 e. The van der Waals surface area contributed by atoms with Gasteiger partial charge in [-0.3, -0.25) is 10.1 Å². The van der Waals surface area contributed by atoms with Crippen LogP contribution in [0.25, 0.3) is 0 Å². The van der Waals surface area contributed by atoms with Crippen LogP contribution in [0.4, 0.5) is 15.8 Å². The van der Waals surface area contributed by atoms with E-state index < -0.39 is 10.7 Å². The third kappa shape index (κ3) is 3.03. The van der Waals surface area contributed by atoms with Crippen LogP contribution in [0.2, 0.25) is 0 Å². The van der Waals surface area contributed by atoms with Crippen molar-refractivity contribution in [1.29, 1.82) is 0 Å². The zero-order chi connectivity index (χ0) is 14.7. The van der Waals surface area contributed by atoms with Gasteiger partial charge in [-0.2, -0.15) is 0 Å². The maximum atomic E-state index is 13.5. The van der Waals surface area contributed by atoms with Gasteiger partial charge in [0.05, 0.1) is 15.0 Å². The summed E-state index contributed by atoms with van der Waals surface area (Å²) in [5.41, 5.74) is -0.0445. The van der Waals surface area contributed by atoms with Crippen molar-refractivity contribution in [2.45, 2.75) is 20.0 Å². The molecule has 1 N–H and O–H groups in total. The highest BCUT2D eigenvalue weighted by Crippen LogP contribution is 2.28. The maximum absolute atomic E-state index is 13.5. The van der Waals surface area contributed by atoms with Crippen molar-refractivity contribution in [1.82, 2.24) is 14.8 Å². The van der Waals surface area contributed by atoms with Gasteiger partial charge in [0.25, 0.3) is 5.69 Å². The van der Waals surface area contributed by atoms with Crippen LogP contribution in [0.5, 0.6) is 0 Å². The molecule has 0 radical (unpaired) electrons. The first kappa shape index (κ1) is 14.6. The van der Waals surface area contributed by atoms with E-state index in [1.807, 2.05) is 6.92 Å². The molecule has 0 bridgehead atoms. The molecule has 9 heteroatoms. The zero-order valence-electron chi connectivity index (χ0n) is 10.5. The Kier molecular flexibility index (Phi) is 4.47. The maximum Gasteiger partial charge on any atom is 0.293 e. The van der Waals surface area contributed by atoms with Crippen molar-refractivity contribution >= 4 is 34.0 Å². The number of nitro groups is 1. The van der Waals surface area contributed by atoms with Crippen LogP contribution in [0.1, 0.15) is 12.7 Å². The van der Waals surface area contributed by atoms with Gasteiger partial charge >= 0.3 is 0 Å². The molecule has 7 nitrogen and oxygen atoms in total. The lowest BCUT2D eigenvalue weighted by molar-refractivity contribution is -0.384. The van der Waals surface area contributed by atoms with Crippen molar-refractivity contribution in [3.63, 3.8) is 0 Å². The van der Waals surface area contributed by atoms with Gasteiger partial charge < -0.3 is 9.88 Å². The molecule has 1 aromatic heterocycles. The van der Waals surface area contributed by atoms with Crippen molar-refractivity contribution in [2.75, 3.05) is 5.32 Å². The van der Waals surface area contributed by atoms with Crippen LogP contribution in [-0.2, 0) is 13.1 Å². The Hall–Kier alpha value is -1.78. The van der Waals surface area contributed by atoms with Gasteiger partial charge in [0.2, 0.25) is 0 Å². The van der Waals surface area contributed by atoms with Crippen LogP contribution >= 0.6 is 22.6 Å². The molecule has 20 heavy (non-hydrogen) atoms. The van der Waals surface area contributed by atoms with E-state index in [1.54, 1.807) is 33.5 Å². The molecule has 106 valence electrons. The summed E-state index contributed by atoms with van der Waals surface area (Å²) in [7, 11) is 0. The average Bonchev–Trinajstić information content (AvgIpc) is 2.86. The smallest absolute Gasteiger partial charge is 0.293 e. The highest BCUT2D eigenvalue weighted by molar-refractivity contribution is 14.1. The quantitative estimate of drug-likeness (QED) is 0.481. The number of benzene rings is 1. The van der Waals surface area contributed by atoms with Crippen molar-refractivity contribution < 1.29 is 9.31 Å². The van der Waals surface area contributed by atoms with Crippen LogP contribution in [0, 0.1) is 19.5 Å². The second kappa shape index (κ2) is 6.11. The van der Waals surface area contributed by atoms with Crippen molar-refractivity contribution in [3.05, 3.63) is 43.8 Å². The first-order valence-corrected chi connectivity index (χ1v) is 6.84. The molecule has 0 spiro atoms. The van der Waals surface area contributed by atoms with E-state index in [2.05, 4.69) is 15.5 Å². The highest BCUT2D eigenvalue weighted by atomic mass is 127. The lowest BCUT2D eigenvalue weighted by Crippen LogP contribution is -2.09. The Labute approximate surface area is 127 Å². The number of hydrogen-bond acceptors (Lipinski definition) is 5. The van der Waals surface area contributed by atoms with E-state index in [-0.39, 0.29) is 21.5 Å². The molecule has 0 amide bonds. The number of nitrogens with one attached hydrogen (secondary N) is 1. The standard InChI is InChI=1S/C11H11FIN5O2/c1-2-17-6-15-16-11(17)5-14-9-3-7(12)8(13)4-10(9)18(19)20/h3-4,6,14H,2,5H2,1H3. The van der Waals surface area contributed by atoms with Crippen LogP contribution in [0.15, 0.2) is 18.5 Å². The molecule has 1 aromatic carbocycles. The monoisotopic (exact) mass is 391 g/mol. The summed E-state index contributed by atoms with van der Waals surface area (Å²) in [6.45, 7) is 2.85. The Morgan fingerprint density at radius 2 is 2.30 bits per heavy atom. The van der Waals surface area contributed by atoms with Crippen molar-refractivity contribution in [2.24, 2.45) is 0 Å². The molecule has 0 aliphatic carbocycles. The molecular weight excluding hydrogens is 380 g/mol. The lowest BCUT2D eigenvalue weighted by Gasteiger charge is -2.08. The Bertz CT molecular complexity index is 646. The number of nitro benzene ring substituents is 1. The van der Waals surface area contributed by atoms with Gasteiger partial charge in [-0.25, -0.2) is 4.39 Å². The fourth-order valence-electron chi connectivity index (χ4n) is 1.68. The second-order valence-corrected chi connectivity index (χ2v) is 5.09. The van der Waals surface area contributed by atoms with E-state index in [9.17, 15) is 14.5 Å². The molecule has 0 fully saturated rings. The fraction of sp³-hybridized carbons (Fsp3) is 0.273. The number of aryl methyl sites for hydroxylation is 1. The summed E-state index contributed by atoms with van der Waals surface area (Å²) in [5.74, 6) is 0.122. The summed E-state index contributed by atoms with van der Waals surface area (Å²) < 4.78 is 15.5. The molecule has 2 aromatic rings. The van der Waals surface area contributed by atoms with E-state index in [0.717, 1.165) is 6.07 Å². The van der Waals surface area contributed by atoms with Gasteiger partial charge in [0.15, 0.2) is 5.82 Å². The summed E-state index contributed by atoms with van der Waals surface area (Å²) in [6, 6.07) is 2.31. The first-order valence-electron chi connectivity index (χ1n) is 5.77. The minimum absolute atomic E-state index is 0.124. The lowest BCUT2D eigenvalue weighted by atomic mass is 10.2. The topological polar surface area (TPSA) is 85.9 Å².